The van der Waals surface area contributed by atoms with E-state index in [4.69, 9.17) is 15.9 Å². The summed E-state index contributed by atoms with van der Waals surface area (Å²) in [4.78, 5) is 0. The number of benzene rings is 1. The summed E-state index contributed by atoms with van der Waals surface area (Å²) in [5.41, 5.74) is 7.46. The maximum atomic E-state index is 9.14. The lowest BCUT2D eigenvalue weighted by Crippen LogP contribution is -2.54. The van der Waals surface area contributed by atoms with Gasteiger partial charge in [0.05, 0.1) is 18.8 Å². The highest BCUT2D eigenvalue weighted by Gasteiger charge is 2.22. The monoisotopic (exact) mass is 322 g/mol. The van der Waals surface area contributed by atoms with Crippen LogP contribution in [0.2, 0.25) is 0 Å². The molecule has 0 saturated heterocycles. The third-order valence-corrected chi connectivity index (χ3v) is 4.28. The molecular formula is C19H34N2O2. The minimum absolute atomic E-state index is 0.228. The summed E-state index contributed by atoms with van der Waals surface area (Å²) in [6, 6.07) is 8.65. The van der Waals surface area contributed by atoms with Gasteiger partial charge in [-0.3, -0.25) is 0 Å². The topological polar surface area (TPSA) is 78.5 Å². The van der Waals surface area contributed by atoms with Crippen molar-refractivity contribution in [1.29, 1.82) is 0 Å². The third-order valence-electron chi connectivity index (χ3n) is 4.28. The van der Waals surface area contributed by atoms with E-state index in [0.29, 0.717) is 13.1 Å². The van der Waals surface area contributed by atoms with E-state index in [1.54, 1.807) is 0 Å². The summed E-state index contributed by atoms with van der Waals surface area (Å²) in [6.07, 6.45) is 9.13. The number of hydrogen-bond acceptors (Lipinski definition) is 4. The van der Waals surface area contributed by atoms with Crippen LogP contribution in [0.25, 0.3) is 0 Å². The number of nitrogens with one attached hydrogen (secondary N) is 1. The first kappa shape index (κ1) is 20.1. The van der Waals surface area contributed by atoms with Gasteiger partial charge < -0.3 is 21.3 Å². The van der Waals surface area contributed by atoms with Gasteiger partial charge in [0.15, 0.2) is 0 Å². The molecule has 0 amide bonds. The Balaban J connectivity index is 2.23. The molecule has 4 heteroatoms. The van der Waals surface area contributed by atoms with Crippen molar-refractivity contribution in [1.82, 2.24) is 5.32 Å². The highest BCUT2D eigenvalue weighted by Crippen LogP contribution is 2.11. The van der Waals surface area contributed by atoms with Crippen LogP contribution in [-0.2, 0) is 13.0 Å². The maximum Gasteiger partial charge on any atom is 0.0749 e. The minimum atomic E-state index is -0.947. The molecular weight excluding hydrogens is 288 g/mol. The van der Waals surface area contributed by atoms with Gasteiger partial charge in [-0.05, 0) is 24.0 Å². The highest BCUT2D eigenvalue weighted by molar-refractivity contribution is 5.22. The first-order valence-electron chi connectivity index (χ1n) is 8.92. The second-order valence-electron chi connectivity index (χ2n) is 6.62. The standard InChI is InChI=1S/C19H34N2O2/c1-2-3-4-5-6-7-8-17-9-11-18(12-10-17)13-21-14-19(20,15-22)16-23/h9-12,21-23H,2-8,13-16,20H2,1H3. The summed E-state index contributed by atoms with van der Waals surface area (Å²) in [7, 11) is 0. The first-order chi connectivity index (χ1) is 11.1. The molecule has 0 spiro atoms. The average Bonchev–Trinajstić information content (AvgIpc) is 2.59. The molecule has 0 aliphatic rings. The first-order valence-corrected chi connectivity index (χ1v) is 8.92. The Kier molecular flexibility index (Phi) is 10.1. The summed E-state index contributed by atoms with van der Waals surface area (Å²) in [5.74, 6) is 0. The van der Waals surface area contributed by atoms with Gasteiger partial charge in [-0.1, -0.05) is 63.3 Å². The Labute approximate surface area is 141 Å². The lowest BCUT2D eigenvalue weighted by atomic mass is 10.0. The van der Waals surface area contributed by atoms with Crippen molar-refractivity contribution in [3.63, 3.8) is 0 Å². The molecule has 1 rings (SSSR count). The second-order valence-corrected chi connectivity index (χ2v) is 6.62. The largest absolute Gasteiger partial charge is 0.394 e. The highest BCUT2D eigenvalue weighted by atomic mass is 16.3. The molecule has 0 saturated carbocycles. The van der Waals surface area contributed by atoms with E-state index in [0.717, 1.165) is 6.42 Å². The van der Waals surface area contributed by atoms with Crippen molar-refractivity contribution in [2.45, 2.75) is 64.0 Å². The van der Waals surface area contributed by atoms with Crippen LogP contribution in [0.3, 0.4) is 0 Å². The fourth-order valence-electron chi connectivity index (χ4n) is 2.55. The maximum absolute atomic E-state index is 9.14. The van der Waals surface area contributed by atoms with E-state index in [1.807, 2.05) is 0 Å². The molecule has 23 heavy (non-hydrogen) atoms. The molecule has 0 unspecified atom stereocenters. The van der Waals surface area contributed by atoms with Crippen LogP contribution >= 0.6 is 0 Å². The molecule has 0 fully saturated rings. The van der Waals surface area contributed by atoms with Crippen molar-refractivity contribution in [3.8, 4) is 0 Å². The molecule has 0 aromatic heterocycles. The zero-order valence-corrected chi connectivity index (χ0v) is 14.6. The molecule has 0 bridgehead atoms. The molecule has 0 radical (unpaired) electrons. The van der Waals surface area contributed by atoms with Gasteiger partial charge in [-0.2, -0.15) is 0 Å². The van der Waals surface area contributed by atoms with Gasteiger partial charge in [-0.25, -0.2) is 0 Å². The molecule has 4 nitrogen and oxygen atoms in total. The van der Waals surface area contributed by atoms with Crippen LogP contribution in [0, 0.1) is 0 Å². The lowest BCUT2D eigenvalue weighted by Gasteiger charge is -2.24. The predicted octanol–water partition coefficient (Wildman–Crippen LogP) is 2.36. The zero-order valence-electron chi connectivity index (χ0n) is 14.6. The molecule has 1 aromatic rings. The van der Waals surface area contributed by atoms with E-state index in [1.165, 1.54) is 49.7 Å². The van der Waals surface area contributed by atoms with Crippen molar-refractivity contribution in [2.75, 3.05) is 19.8 Å². The van der Waals surface area contributed by atoms with Gasteiger partial charge in [0.1, 0.15) is 0 Å². The van der Waals surface area contributed by atoms with Crippen molar-refractivity contribution < 1.29 is 10.2 Å². The van der Waals surface area contributed by atoms with Crippen LogP contribution in [0.1, 0.15) is 56.6 Å². The Morgan fingerprint density at radius 3 is 2.09 bits per heavy atom. The molecule has 0 heterocycles. The van der Waals surface area contributed by atoms with Crippen LogP contribution in [0.15, 0.2) is 24.3 Å². The Morgan fingerprint density at radius 1 is 0.913 bits per heavy atom. The van der Waals surface area contributed by atoms with Gasteiger partial charge in [0, 0.05) is 13.1 Å². The number of unbranched alkanes of at least 4 members (excludes halogenated alkanes) is 5. The SMILES string of the molecule is CCCCCCCCc1ccc(CNCC(N)(CO)CO)cc1. The number of nitrogens with two attached hydrogens (primary N) is 1. The fourth-order valence-corrected chi connectivity index (χ4v) is 2.55. The Bertz CT molecular complexity index is 402. The molecule has 5 N–H and O–H groups in total. The average molecular weight is 322 g/mol. The van der Waals surface area contributed by atoms with E-state index in [2.05, 4.69) is 36.5 Å². The minimum Gasteiger partial charge on any atom is -0.394 e. The summed E-state index contributed by atoms with van der Waals surface area (Å²) in [5, 5.41) is 21.5. The van der Waals surface area contributed by atoms with Gasteiger partial charge in [0.2, 0.25) is 0 Å². The molecule has 0 aliphatic carbocycles. The molecule has 132 valence electrons. The number of rotatable bonds is 13. The fraction of sp³-hybridized carbons (Fsp3) is 0.684. The van der Waals surface area contributed by atoms with Crippen LogP contribution in [0.4, 0.5) is 0 Å². The van der Waals surface area contributed by atoms with Gasteiger partial charge >= 0.3 is 0 Å². The quantitative estimate of drug-likeness (QED) is 0.420. The van der Waals surface area contributed by atoms with E-state index >= 15 is 0 Å². The van der Waals surface area contributed by atoms with Crippen LogP contribution in [-0.4, -0.2) is 35.5 Å². The lowest BCUT2D eigenvalue weighted by molar-refractivity contribution is 0.119. The third kappa shape index (κ3) is 8.47. The van der Waals surface area contributed by atoms with Crippen molar-refractivity contribution in [3.05, 3.63) is 35.4 Å². The second kappa shape index (κ2) is 11.6. The molecule has 1 aromatic carbocycles. The Morgan fingerprint density at radius 2 is 1.48 bits per heavy atom. The summed E-state index contributed by atoms with van der Waals surface area (Å²) < 4.78 is 0. The van der Waals surface area contributed by atoms with Crippen LogP contribution in [0.5, 0.6) is 0 Å². The number of hydrogen-bond donors (Lipinski definition) is 4. The van der Waals surface area contributed by atoms with Gasteiger partial charge in [-0.15, -0.1) is 0 Å². The van der Waals surface area contributed by atoms with Crippen LogP contribution < -0.4 is 11.1 Å². The smallest absolute Gasteiger partial charge is 0.0749 e. The van der Waals surface area contributed by atoms with Gasteiger partial charge in [0.25, 0.3) is 0 Å². The number of aliphatic hydroxyl groups is 2. The summed E-state index contributed by atoms with van der Waals surface area (Å²) >= 11 is 0. The van der Waals surface area contributed by atoms with E-state index < -0.39 is 5.54 Å². The predicted molar refractivity (Wildman–Crippen MR) is 96.3 cm³/mol. The molecule has 0 aliphatic heterocycles. The van der Waals surface area contributed by atoms with Crippen molar-refractivity contribution in [2.24, 2.45) is 5.73 Å². The number of aryl methyl sites for hydroxylation is 1. The number of aliphatic hydroxyl groups excluding tert-OH is 2. The normalized spacial score (nSPS) is 11.8. The molecule has 0 atom stereocenters. The Hall–Kier alpha value is -0.940. The van der Waals surface area contributed by atoms with E-state index in [-0.39, 0.29) is 13.2 Å². The van der Waals surface area contributed by atoms with E-state index in [9.17, 15) is 0 Å². The zero-order chi connectivity index (χ0) is 17.0. The summed E-state index contributed by atoms with van der Waals surface area (Å²) in [6.45, 7) is 2.87. The van der Waals surface area contributed by atoms with Crippen molar-refractivity contribution >= 4 is 0 Å².